The molecule has 53 heavy (non-hydrogen) atoms. The average Bonchev–Trinajstić information content (AvgIpc) is 3.58. The number of amides is 4. The van der Waals surface area contributed by atoms with Crippen LogP contribution in [0.15, 0.2) is 88.9 Å². The van der Waals surface area contributed by atoms with Crippen molar-refractivity contribution >= 4 is 45.1 Å². The Morgan fingerprint density at radius 2 is 1.64 bits per heavy atom. The number of nitrogens with zero attached hydrogens (tertiary/aromatic N) is 6. The first-order valence-electron chi connectivity index (χ1n) is 17.5. The van der Waals surface area contributed by atoms with Gasteiger partial charge in [-0.15, -0.1) is 0 Å². The number of hydrogen-bond donors (Lipinski definition) is 3. The molecule has 1 aliphatic rings. The minimum absolute atomic E-state index is 0.00985. The van der Waals surface area contributed by atoms with E-state index in [0.29, 0.717) is 11.4 Å². The van der Waals surface area contributed by atoms with Gasteiger partial charge in [0.2, 0.25) is 15.9 Å². The molecule has 3 aromatic carbocycles. The number of aliphatic hydroxyl groups is 1. The SMILES string of the molecule is CC(C)CN(C[C@H](O)[C@H](Cc1ccccc1)NC(=O)[C@H](C(C)C)N1CC(=O)N(Cc2nc3ccccc3n2C)C1=O)S(=O)(=O)c1ccc(C=NO)cc1. The van der Waals surface area contributed by atoms with Gasteiger partial charge in [0.15, 0.2) is 0 Å². The number of benzene rings is 3. The highest BCUT2D eigenvalue weighted by Gasteiger charge is 2.45. The van der Waals surface area contributed by atoms with Crippen LogP contribution >= 0.6 is 0 Å². The molecule has 3 N–H and O–H groups in total. The highest BCUT2D eigenvalue weighted by atomic mass is 32.2. The molecule has 0 bridgehead atoms. The molecule has 4 aromatic rings. The van der Waals surface area contributed by atoms with Gasteiger partial charge in [-0.2, -0.15) is 4.31 Å². The van der Waals surface area contributed by atoms with Gasteiger partial charge < -0.3 is 25.1 Å². The Bertz CT molecular complexity index is 2050. The molecule has 4 amide bonds. The molecule has 2 heterocycles. The maximum atomic E-state index is 14.2. The normalized spacial score (nSPS) is 15.7. The van der Waals surface area contributed by atoms with Crippen molar-refractivity contribution in [1.29, 1.82) is 0 Å². The van der Waals surface area contributed by atoms with E-state index in [1.807, 2.05) is 80.1 Å². The van der Waals surface area contributed by atoms with Crippen LogP contribution < -0.4 is 5.32 Å². The van der Waals surface area contributed by atoms with Gasteiger partial charge in [0.05, 0.1) is 40.8 Å². The maximum absolute atomic E-state index is 14.2. The summed E-state index contributed by atoms with van der Waals surface area (Å²) < 4.78 is 30.8. The smallest absolute Gasteiger partial charge is 0.328 e. The maximum Gasteiger partial charge on any atom is 0.328 e. The third-order valence-electron chi connectivity index (χ3n) is 9.27. The first kappa shape index (κ1) is 39.1. The molecule has 14 nitrogen and oxygen atoms in total. The molecule has 15 heteroatoms. The van der Waals surface area contributed by atoms with Gasteiger partial charge in [-0.3, -0.25) is 14.5 Å². The highest BCUT2D eigenvalue weighted by molar-refractivity contribution is 7.89. The Morgan fingerprint density at radius 1 is 0.981 bits per heavy atom. The number of para-hydroxylation sites is 2. The van der Waals surface area contributed by atoms with E-state index in [1.54, 1.807) is 13.8 Å². The van der Waals surface area contributed by atoms with Crippen molar-refractivity contribution in [3.63, 3.8) is 0 Å². The van der Waals surface area contributed by atoms with E-state index < -0.39 is 52.0 Å². The fraction of sp³-hybridized carbons (Fsp3) is 0.395. The van der Waals surface area contributed by atoms with Crippen molar-refractivity contribution in [2.45, 2.75) is 63.7 Å². The Hall–Kier alpha value is -5.12. The average molecular weight is 746 g/mol. The zero-order valence-corrected chi connectivity index (χ0v) is 31.3. The number of hydrogen-bond acceptors (Lipinski definition) is 9. The standard InChI is InChI=1S/C38H47N7O7S/c1-25(2)21-43(53(51,52)29-17-15-28(16-18-29)20-39-50)22-33(46)31(19-27-11-7-6-8-12-27)41-37(48)36(26(3)4)45-24-35(47)44(38(45)49)23-34-40-30-13-9-10-14-32(30)42(34)5/h6-18,20,25-26,31,33,36,46,50H,19,21-24H2,1-5H3,(H,41,48)/t31-,33-,36-/m0/s1. The highest BCUT2D eigenvalue weighted by Crippen LogP contribution is 2.24. The van der Waals surface area contributed by atoms with Gasteiger partial charge in [0.25, 0.3) is 5.91 Å². The van der Waals surface area contributed by atoms with Gasteiger partial charge >= 0.3 is 6.03 Å². The second kappa shape index (κ2) is 16.7. The Balaban J connectivity index is 1.39. The molecule has 1 saturated heterocycles. The van der Waals surface area contributed by atoms with E-state index >= 15 is 0 Å². The number of oxime groups is 1. The van der Waals surface area contributed by atoms with E-state index in [1.165, 1.54) is 39.7 Å². The van der Waals surface area contributed by atoms with E-state index in [2.05, 4.69) is 15.5 Å². The summed E-state index contributed by atoms with van der Waals surface area (Å²) in [5.41, 5.74) is 2.87. The monoisotopic (exact) mass is 745 g/mol. The molecular formula is C38H47N7O7S. The number of aromatic nitrogens is 2. The Labute approximate surface area is 309 Å². The largest absolute Gasteiger partial charge is 0.411 e. The predicted molar refractivity (Wildman–Crippen MR) is 199 cm³/mol. The first-order chi connectivity index (χ1) is 25.2. The van der Waals surface area contributed by atoms with Gasteiger partial charge in [-0.25, -0.2) is 18.2 Å². The molecule has 0 unspecified atom stereocenters. The number of carbonyl (C=O) groups is 3. The summed E-state index contributed by atoms with van der Waals surface area (Å²) in [6.07, 6.45) is -0.0283. The summed E-state index contributed by atoms with van der Waals surface area (Å²) in [4.78, 5) is 48.3. The van der Waals surface area contributed by atoms with Crippen LogP contribution in [0.1, 0.15) is 44.6 Å². The first-order valence-corrected chi connectivity index (χ1v) is 19.0. The van der Waals surface area contributed by atoms with E-state index in [9.17, 15) is 27.9 Å². The van der Waals surface area contributed by atoms with Crippen molar-refractivity contribution in [2.75, 3.05) is 19.6 Å². The fourth-order valence-electron chi connectivity index (χ4n) is 6.59. The number of fused-ring (bicyclic) bond motifs is 1. The van der Waals surface area contributed by atoms with E-state index in [0.717, 1.165) is 21.5 Å². The lowest BCUT2D eigenvalue weighted by atomic mass is 9.97. The Morgan fingerprint density at radius 3 is 2.26 bits per heavy atom. The van der Waals surface area contributed by atoms with Crippen LogP contribution in [0.4, 0.5) is 4.79 Å². The lowest BCUT2D eigenvalue weighted by Gasteiger charge is -2.34. The molecule has 1 aromatic heterocycles. The lowest BCUT2D eigenvalue weighted by Crippen LogP contribution is -2.57. The molecule has 3 atom stereocenters. The van der Waals surface area contributed by atoms with Crippen molar-refractivity contribution < 1.29 is 33.1 Å². The predicted octanol–water partition coefficient (Wildman–Crippen LogP) is 3.61. The quantitative estimate of drug-likeness (QED) is 0.0674. The van der Waals surface area contributed by atoms with Crippen LogP contribution in [-0.4, -0.2) is 104 Å². The molecule has 1 fully saturated rings. The van der Waals surface area contributed by atoms with Crippen molar-refractivity contribution in [3.8, 4) is 0 Å². The molecule has 5 rings (SSSR count). The molecular weight excluding hydrogens is 699 g/mol. The van der Waals surface area contributed by atoms with Gasteiger partial charge in [-0.1, -0.05) is 87.4 Å². The number of imidazole rings is 1. The molecule has 0 aliphatic carbocycles. The molecule has 1 aliphatic heterocycles. The van der Waals surface area contributed by atoms with Crippen LogP contribution in [0.5, 0.6) is 0 Å². The number of imide groups is 1. The fourth-order valence-corrected chi connectivity index (χ4v) is 8.21. The number of carbonyl (C=O) groups excluding carboxylic acids is 3. The third-order valence-corrected chi connectivity index (χ3v) is 11.1. The number of nitrogens with one attached hydrogen (secondary N) is 1. The number of aliphatic hydroxyl groups excluding tert-OH is 1. The van der Waals surface area contributed by atoms with Crippen molar-refractivity contribution in [1.82, 2.24) is 29.0 Å². The second-order valence-electron chi connectivity index (χ2n) is 14.1. The lowest BCUT2D eigenvalue weighted by molar-refractivity contribution is -0.129. The van der Waals surface area contributed by atoms with Crippen LogP contribution in [0, 0.1) is 11.8 Å². The number of urea groups is 1. The number of rotatable bonds is 16. The van der Waals surface area contributed by atoms with Gasteiger partial charge in [0.1, 0.15) is 18.4 Å². The summed E-state index contributed by atoms with van der Waals surface area (Å²) in [6, 6.07) is 19.8. The summed E-state index contributed by atoms with van der Waals surface area (Å²) >= 11 is 0. The van der Waals surface area contributed by atoms with E-state index in [4.69, 9.17) is 5.21 Å². The molecule has 0 saturated carbocycles. The van der Waals surface area contributed by atoms with Crippen LogP contribution in [0.2, 0.25) is 0 Å². The van der Waals surface area contributed by atoms with Crippen LogP contribution in [-0.2, 0) is 39.6 Å². The molecule has 0 radical (unpaired) electrons. The molecule has 0 spiro atoms. The zero-order chi connectivity index (χ0) is 38.4. The number of aryl methyl sites for hydroxylation is 1. The van der Waals surface area contributed by atoms with Gasteiger partial charge in [0, 0.05) is 20.1 Å². The third kappa shape index (κ3) is 8.92. The topological polar surface area (TPSA) is 178 Å². The summed E-state index contributed by atoms with van der Waals surface area (Å²) in [5, 5.41) is 26.5. The van der Waals surface area contributed by atoms with Crippen molar-refractivity contribution in [2.24, 2.45) is 24.0 Å². The van der Waals surface area contributed by atoms with Crippen LogP contribution in [0.25, 0.3) is 11.0 Å². The number of sulfonamides is 1. The molecule has 282 valence electrons. The Kier molecular flexibility index (Phi) is 12.3. The van der Waals surface area contributed by atoms with E-state index in [-0.39, 0.29) is 43.4 Å². The summed E-state index contributed by atoms with van der Waals surface area (Å²) in [7, 11) is -2.29. The minimum Gasteiger partial charge on any atom is -0.411 e. The zero-order valence-electron chi connectivity index (χ0n) is 30.5. The van der Waals surface area contributed by atoms with Crippen LogP contribution in [0.3, 0.4) is 0 Å². The van der Waals surface area contributed by atoms with Crippen molar-refractivity contribution in [3.05, 3.63) is 95.8 Å². The summed E-state index contributed by atoms with van der Waals surface area (Å²) in [5.74, 6) is -1.05. The minimum atomic E-state index is -4.11. The summed E-state index contributed by atoms with van der Waals surface area (Å²) in [6.45, 7) is 6.64. The second-order valence-corrected chi connectivity index (χ2v) is 16.0. The van der Waals surface area contributed by atoms with Gasteiger partial charge in [-0.05, 0) is 53.6 Å².